The minimum atomic E-state index is -0.321. The molecule has 9 heteroatoms. The molecular formula is C11H21N5O2S2. The van der Waals surface area contributed by atoms with Crippen molar-refractivity contribution in [2.24, 2.45) is 0 Å². The van der Waals surface area contributed by atoms with E-state index < -0.39 is 0 Å². The smallest absolute Gasteiger partial charge is 0.232 e. The Labute approximate surface area is 127 Å². The fourth-order valence-electron chi connectivity index (χ4n) is 1.51. The number of thiazole rings is 1. The maximum absolute atomic E-state index is 10.5. The number of hydrogen-bond donors (Lipinski definition) is 2. The molecule has 1 heterocycles. The van der Waals surface area contributed by atoms with E-state index in [0.29, 0.717) is 12.3 Å². The Hall–Kier alpha value is -0.740. The Morgan fingerprint density at radius 1 is 1.60 bits per heavy atom. The highest BCUT2D eigenvalue weighted by atomic mass is 32.2. The van der Waals surface area contributed by atoms with Crippen LogP contribution in [0.25, 0.3) is 0 Å². The lowest BCUT2D eigenvalue weighted by molar-refractivity contribution is -0.484. The molecule has 2 N–H and O–H groups in total. The van der Waals surface area contributed by atoms with Gasteiger partial charge in [-0.25, -0.2) is 9.71 Å². The van der Waals surface area contributed by atoms with E-state index in [1.165, 1.54) is 11.9 Å². The Kier molecular flexibility index (Phi) is 8.00. The van der Waals surface area contributed by atoms with Gasteiger partial charge in [-0.3, -0.25) is 15.4 Å². The fraction of sp³-hybridized carbons (Fsp3) is 0.727. The van der Waals surface area contributed by atoms with Gasteiger partial charge in [0.2, 0.25) is 6.54 Å². The number of nitrogens with zero attached hydrogens (tertiary/aromatic N) is 3. The number of rotatable bonds is 10. The van der Waals surface area contributed by atoms with E-state index in [0.717, 1.165) is 17.2 Å². The molecule has 1 aromatic rings. The first kappa shape index (κ1) is 17.3. The van der Waals surface area contributed by atoms with Gasteiger partial charge in [-0.2, -0.15) is 0 Å². The van der Waals surface area contributed by atoms with Crippen LogP contribution in [-0.4, -0.2) is 48.2 Å². The highest BCUT2D eigenvalue weighted by molar-refractivity contribution is 7.96. The van der Waals surface area contributed by atoms with Crippen molar-refractivity contribution in [2.45, 2.75) is 25.4 Å². The van der Waals surface area contributed by atoms with Crippen LogP contribution in [0.5, 0.6) is 0 Å². The van der Waals surface area contributed by atoms with E-state index in [1.807, 2.05) is 26.4 Å². The van der Waals surface area contributed by atoms with Gasteiger partial charge in [0.1, 0.15) is 11.2 Å². The molecule has 0 aliphatic rings. The zero-order chi connectivity index (χ0) is 15.0. The highest BCUT2D eigenvalue weighted by Crippen LogP contribution is 2.15. The third-order valence-electron chi connectivity index (χ3n) is 2.28. The summed E-state index contributed by atoms with van der Waals surface area (Å²) in [6, 6.07) is 0. The molecule has 1 aromatic heterocycles. The summed E-state index contributed by atoms with van der Waals surface area (Å²) in [5.74, 6) is 0.698. The second kappa shape index (κ2) is 9.24. The third-order valence-corrected chi connectivity index (χ3v) is 4.05. The number of hydrogen-bond acceptors (Lipinski definition) is 8. The van der Waals surface area contributed by atoms with Crippen molar-refractivity contribution in [1.29, 1.82) is 0 Å². The van der Waals surface area contributed by atoms with E-state index in [2.05, 4.69) is 19.9 Å². The summed E-state index contributed by atoms with van der Waals surface area (Å²) in [6.07, 6.45) is -0.320. The van der Waals surface area contributed by atoms with Gasteiger partial charge in [0.05, 0.1) is 11.4 Å². The first-order valence-corrected chi connectivity index (χ1v) is 8.18. The quantitative estimate of drug-likeness (QED) is 0.290. The molecule has 0 saturated heterocycles. The van der Waals surface area contributed by atoms with Crippen molar-refractivity contribution in [2.75, 3.05) is 27.2 Å². The van der Waals surface area contributed by atoms with Crippen LogP contribution < -0.4 is 10.0 Å². The number of nitrogens with one attached hydrogen (secondary N) is 2. The molecule has 0 amide bonds. The van der Waals surface area contributed by atoms with E-state index in [4.69, 9.17) is 0 Å². The van der Waals surface area contributed by atoms with Crippen molar-refractivity contribution in [3.63, 3.8) is 0 Å². The molecule has 20 heavy (non-hydrogen) atoms. The van der Waals surface area contributed by atoms with Crippen LogP contribution in [0, 0.1) is 10.1 Å². The molecule has 0 bridgehead atoms. The summed E-state index contributed by atoms with van der Waals surface area (Å²) in [5.41, 5.74) is 1.00. The average molecular weight is 319 g/mol. The predicted molar refractivity (Wildman–Crippen MR) is 83.3 cm³/mol. The van der Waals surface area contributed by atoms with Crippen LogP contribution >= 0.6 is 23.3 Å². The molecule has 1 unspecified atom stereocenters. The molecular weight excluding hydrogens is 298 g/mol. The minimum absolute atomic E-state index is 0.135. The molecule has 114 valence electrons. The Bertz CT molecular complexity index is 413. The van der Waals surface area contributed by atoms with Crippen molar-refractivity contribution in [3.8, 4) is 0 Å². The molecule has 0 fully saturated rings. The first-order chi connectivity index (χ1) is 9.51. The highest BCUT2D eigenvalue weighted by Gasteiger charge is 2.13. The molecule has 1 rings (SSSR count). The van der Waals surface area contributed by atoms with E-state index in [9.17, 15) is 10.1 Å². The van der Waals surface area contributed by atoms with Gasteiger partial charge in [-0.05, 0) is 20.6 Å². The normalized spacial score (nSPS) is 12.8. The molecule has 0 saturated carbocycles. The SMILES string of the molecule is CCNC(C[N+](=O)[O-])NSCc1csc(CN(C)C)n1. The van der Waals surface area contributed by atoms with Crippen LogP contribution in [0.2, 0.25) is 0 Å². The van der Waals surface area contributed by atoms with Crippen LogP contribution in [0.1, 0.15) is 17.6 Å². The Morgan fingerprint density at radius 3 is 2.95 bits per heavy atom. The van der Waals surface area contributed by atoms with Gasteiger partial charge in [0.25, 0.3) is 0 Å². The predicted octanol–water partition coefficient (Wildman–Crippen LogP) is 1.15. The Balaban J connectivity index is 2.34. The van der Waals surface area contributed by atoms with E-state index in [-0.39, 0.29) is 17.6 Å². The number of aromatic nitrogens is 1. The minimum Gasteiger partial charge on any atom is -0.303 e. The van der Waals surface area contributed by atoms with Crippen LogP contribution in [0.3, 0.4) is 0 Å². The van der Waals surface area contributed by atoms with Gasteiger partial charge >= 0.3 is 0 Å². The van der Waals surface area contributed by atoms with Crippen LogP contribution in [0.4, 0.5) is 0 Å². The van der Waals surface area contributed by atoms with Crippen LogP contribution in [0.15, 0.2) is 5.38 Å². The second-order valence-corrected chi connectivity index (χ2v) is 6.26. The zero-order valence-corrected chi connectivity index (χ0v) is 13.6. The second-order valence-electron chi connectivity index (χ2n) is 4.50. The average Bonchev–Trinajstić information content (AvgIpc) is 2.75. The summed E-state index contributed by atoms with van der Waals surface area (Å²) in [5, 5.41) is 16.7. The topological polar surface area (TPSA) is 83.3 Å². The maximum Gasteiger partial charge on any atom is 0.232 e. The third kappa shape index (κ3) is 7.15. The van der Waals surface area contributed by atoms with E-state index in [1.54, 1.807) is 11.3 Å². The number of nitro groups is 1. The zero-order valence-electron chi connectivity index (χ0n) is 12.0. The largest absolute Gasteiger partial charge is 0.303 e. The standard InChI is InChI=1S/C11H21N5O2S2/c1-4-12-10(5-16(17)18)14-20-8-9-7-19-11(13-9)6-15(2)3/h7,10,12,14H,4-6,8H2,1-3H3. The van der Waals surface area contributed by atoms with Gasteiger partial charge in [-0.15, -0.1) is 11.3 Å². The van der Waals surface area contributed by atoms with Gasteiger partial charge in [0.15, 0.2) is 0 Å². The lowest BCUT2D eigenvalue weighted by atomic mass is 10.5. The van der Waals surface area contributed by atoms with Gasteiger partial charge in [-0.1, -0.05) is 18.9 Å². The monoisotopic (exact) mass is 319 g/mol. The number of likely N-dealkylation sites (N-methyl/N-ethyl adjacent to an activating group) is 1. The first-order valence-electron chi connectivity index (χ1n) is 6.31. The van der Waals surface area contributed by atoms with Crippen molar-refractivity contribution < 1.29 is 4.92 Å². The summed E-state index contributed by atoms with van der Waals surface area (Å²) in [7, 11) is 4.02. The summed E-state index contributed by atoms with van der Waals surface area (Å²) < 4.78 is 3.07. The molecule has 0 aromatic carbocycles. The molecule has 0 aliphatic carbocycles. The summed E-state index contributed by atoms with van der Waals surface area (Å²) in [4.78, 5) is 16.8. The summed E-state index contributed by atoms with van der Waals surface area (Å²) in [6.45, 7) is 3.32. The molecule has 0 aliphatic heterocycles. The molecule has 1 atom stereocenters. The van der Waals surface area contributed by atoms with Crippen LogP contribution in [-0.2, 0) is 12.3 Å². The van der Waals surface area contributed by atoms with Crippen molar-refractivity contribution in [1.82, 2.24) is 19.9 Å². The fourth-order valence-corrected chi connectivity index (χ4v) is 3.27. The lowest BCUT2D eigenvalue weighted by Crippen LogP contribution is -2.44. The maximum atomic E-state index is 10.5. The Morgan fingerprint density at radius 2 is 2.35 bits per heavy atom. The van der Waals surface area contributed by atoms with E-state index >= 15 is 0 Å². The molecule has 0 spiro atoms. The summed E-state index contributed by atoms with van der Waals surface area (Å²) >= 11 is 3.08. The lowest BCUT2D eigenvalue weighted by Gasteiger charge is -2.14. The van der Waals surface area contributed by atoms with Crippen molar-refractivity contribution >= 4 is 23.3 Å². The molecule has 7 nitrogen and oxygen atoms in total. The van der Waals surface area contributed by atoms with Crippen molar-refractivity contribution in [3.05, 3.63) is 26.2 Å². The van der Waals surface area contributed by atoms with Gasteiger partial charge < -0.3 is 4.90 Å². The molecule has 0 radical (unpaired) electrons. The van der Waals surface area contributed by atoms with Gasteiger partial charge in [0, 0.05) is 16.8 Å².